The molecule has 25 nitrogen and oxygen atoms in total. The van der Waals surface area contributed by atoms with E-state index in [0.717, 1.165) is 24.3 Å². The third kappa shape index (κ3) is 11.9. The third-order valence-electron chi connectivity index (χ3n) is 9.72. The van der Waals surface area contributed by atoms with Gasteiger partial charge in [0.25, 0.3) is 72.5 Å². The van der Waals surface area contributed by atoms with Crippen molar-refractivity contribution in [3.8, 4) is 0 Å². The minimum absolute atomic E-state index is 0. The maximum absolute atomic E-state index is 13.6. The van der Waals surface area contributed by atoms with E-state index in [9.17, 15) is 92.2 Å². The Bertz CT molecular complexity index is 3690. The molecule has 6 rings (SSSR count). The molecule has 0 aliphatic rings. The van der Waals surface area contributed by atoms with Crippen LogP contribution < -0.4 is 50.8 Å². The van der Waals surface area contributed by atoms with Crippen LogP contribution in [0.25, 0.3) is 21.5 Å². The normalized spacial score (nSPS) is 12.5. The summed E-state index contributed by atoms with van der Waals surface area (Å²) in [4.78, 5) is 33.4. The number of hydrogen-bond acceptors (Lipinski definition) is 15. The van der Waals surface area contributed by atoms with Crippen LogP contribution in [-0.4, -0.2) is 95.7 Å². The molecule has 0 bridgehead atoms. The number of aryl methyl sites for hydroxylation is 2. The molecule has 0 aliphatic heterocycles. The molecule has 0 fully saturated rings. The summed E-state index contributed by atoms with van der Waals surface area (Å²) < 4.78 is 205. The van der Waals surface area contributed by atoms with Crippen molar-refractivity contribution in [1.29, 1.82) is 0 Å². The first-order valence-corrected chi connectivity index (χ1v) is 26.7. The molecule has 0 heterocycles. The third-order valence-corrected chi connectivity index (χ3v) is 15.0. The largest absolute Gasteiger partial charge is 1.00 e. The van der Waals surface area contributed by atoms with E-state index in [-0.39, 0.29) is 64.2 Å². The molecule has 0 aromatic heterocycles. The van der Waals surface area contributed by atoms with Crippen molar-refractivity contribution in [3.05, 3.63) is 107 Å². The first kappa shape index (κ1) is 54.5. The molecular weight excluding hydrogens is 1050 g/mol. The van der Waals surface area contributed by atoms with Crippen LogP contribution in [0.3, 0.4) is 0 Å². The van der Waals surface area contributed by atoms with Gasteiger partial charge in [-0.05, 0) is 97.8 Å². The molecule has 0 aliphatic carbocycles. The van der Waals surface area contributed by atoms with Gasteiger partial charge in [-0.2, -0.15) is 50.5 Å². The minimum Gasteiger partial charge on any atom is -0.321 e. The summed E-state index contributed by atoms with van der Waals surface area (Å²) in [5.41, 5.74) is -0.973. The predicted octanol–water partition coefficient (Wildman–Crippen LogP) is 1.24. The molecule has 0 saturated heterocycles. The van der Waals surface area contributed by atoms with E-state index < -0.39 is 141 Å². The van der Waals surface area contributed by atoms with Crippen LogP contribution in [0.15, 0.2) is 114 Å². The number of hydrogen-bond donors (Lipinski definition) is 10. The first-order valence-electron chi connectivity index (χ1n) is 18.0. The number of carbonyl (C=O) groups excluding carboxylic acids is 3. The van der Waals surface area contributed by atoms with Crippen LogP contribution >= 0.6 is 0 Å². The molecule has 6 aromatic carbocycles. The van der Waals surface area contributed by atoms with Crippen LogP contribution in [-0.2, 0) is 60.7 Å². The van der Waals surface area contributed by atoms with Gasteiger partial charge in [-0.3, -0.25) is 36.9 Å². The van der Waals surface area contributed by atoms with E-state index >= 15 is 0 Å². The fraction of sp³-hybridized carbons (Fsp3) is 0.0541. The number of carbonyl (C=O) groups is 3. The zero-order valence-electron chi connectivity index (χ0n) is 34.8. The number of fused-ring (bicyclic) bond motifs is 2. The molecule has 0 spiro atoms. The Kier molecular flexibility index (Phi) is 15.0. The first-order chi connectivity index (χ1) is 31.0. The van der Waals surface area contributed by atoms with E-state index in [1.807, 2.05) is 0 Å². The number of nitrogens with one attached hydrogen (secondary N) is 4. The molecule has 0 atom stereocenters. The standard InChI is InChI=1S/C37H30N4O21S6.Na/c1-17-3-5-19(35(42)38-25-7-9-29(65(51,52)53)23-13-21(63(45,46)47)15-31(33(23)25)67(57,58)59)11-27(17)40-37(44)41-28-12-20(6-4-18(28)2)36(43)39-26-8-10-30(66(54,55)56)24-14-22(64(48,49)50)16-32(34(24)26)68(60,61)62;/h3-16H,1-2H3,(H,38,42)(H,39,43)(H2,40,41,44)(H,45,46,47)(H,48,49,50)(H,51,52,53)(H,54,55,56)(H,57,58,59)(H,60,61,62);/q;+1. The molecule has 360 valence electrons. The van der Waals surface area contributed by atoms with Crippen LogP contribution in [0.4, 0.5) is 27.5 Å². The number of rotatable bonds is 12. The second-order valence-corrected chi connectivity index (χ2v) is 22.7. The van der Waals surface area contributed by atoms with Crippen molar-refractivity contribution < 1.29 is 122 Å². The van der Waals surface area contributed by atoms with E-state index in [1.54, 1.807) is 0 Å². The fourth-order valence-electron chi connectivity index (χ4n) is 6.61. The van der Waals surface area contributed by atoms with Gasteiger partial charge in [-0.15, -0.1) is 0 Å². The monoisotopic (exact) mass is 1080 g/mol. The Morgan fingerprint density at radius 2 is 0.696 bits per heavy atom. The molecule has 69 heavy (non-hydrogen) atoms. The van der Waals surface area contributed by atoms with Gasteiger partial charge in [-0.1, -0.05) is 12.1 Å². The van der Waals surface area contributed by atoms with E-state index in [0.29, 0.717) is 35.4 Å². The average Bonchev–Trinajstić information content (AvgIpc) is 3.19. The van der Waals surface area contributed by atoms with Crippen LogP contribution in [0.1, 0.15) is 31.8 Å². The minimum atomic E-state index is -5.46. The number of benzene rings is 6. The number of urea groups is 1. The van der Waals surface area contributed by atoms with Crippen molar-refractivity contribution in [3.63, 3.8) is 0 Å². The Morgan fingerprint density at radius 3 is 0.986 bits per heavy atom. The van der Waals surface area contributed by atoms with Crippen molar-refractivity contribution in [2.75, 3.05) is 21.3 Å². The maximum Gasteiger partial charge on any atom is 1.00 e. The predicted molar refractivity (Wildman–Crippen MR) is 238 cm³/mol. The topological polar surface area (TPSA) is 426 Å². The number of anilines is 4. The summed E-state index contributed by atoms with van der Waals surface area (Å²) in [7, 11) is -31.9. The van der Waals surface area contributed by atoms with Gasteiger partial charge in [-0.25, -0.2) is 4.79 Å². The SMILES string of the molecule is Cc1ccc(C(=O)Nc2ccc(S(=O)(=O)O)c3cc(S(=O)(=O)O)cc(S(=O)(=O)O)c23)cc1NC(=O)Nc1cc(C(=O)Nc2ccc(S(=O)(=O)O)c3cc(S(=O)(=O)O)cc(S(=O)(=O)O)c23)ccc1C.[Na+]. The van der Waals surface area contributed by atoms with E-state index in [4.69, 9.17) is 0 Å². The van der Waals surface area contributed by atoms with Crippen molar-refractivity contribution in [1.82, 2.24) is 0 Å². The van der Waals surface area contributed by atoms with Gasteiger partial charge < -0.3 is 21.3 Å². The summed E-state index contributed by atoms with van der Waals surface area (Å²) in [6.45, 7) is 3.01. The Balaban J connectivity index is 0.00000888. The Labute approximate surface area is 413 Å². The number of amides is 4. The Hall–Kier alpha value is -5.49. The van der Waals surface area contributed by atoms with Gasteiger partial charge in [0.05, 0.1) is 21.2 Å². The van der Waals surface area contributed by atoms with Gasteiger partial charge in [0.15, 0.2) is 0 Å². The molecule has 32 heteroatoms. The van der Waals surface area contributed by atoms with Crippen molar-refractivity contribution in [2.24, 2.45) is 0 Å². The molecule has 0 saturated carbocycles. The van der Waals surface area contributed by atoms with Gasteiger partial charge in [0.1, 0.15) is 19.6 Å². The zero-order chi connectivity index (χ0) is 50.9. The summed E-state index contributed by atoms with van der Waals surface area (Å²) >= 11 is 0. The van der Waals surface area contributed by atoms with Crippen LogP contribution in [0, 0.1) is 13.8 Å². The maximum atomic E-state index is 13.6. The smallest absolute Gasteiger partial charge is 0.321 e. The summed E-state index contributed by atoms with van der Waals surface area (Å²) in [5.74, 6) is -2.13. The van der Waals surface area contributed by atoms with Crippen molar-refractivity contribution in [2.45, 2.75) is 43.2 Å². The second kappa shape index (κ2) is 19.0. The molecule has 0 unspecified atom stereocenters. The molecular formula is C37H30N4NaO21S6+. The second-order valence-electron chi connectivity index (χ2n) is 14.3. The van der Waals surface area contributed by atoms with Gasteiger partial charge in [0.2, 0.25) is 0 Å². The van der Waals surface area contributed by atoms with Gasteiger partial charge >= 0.3 is 35.6 Å². The molecule has 0 radical (unpaired) electrons. The average molecular weight is 1080 g/mol. The molecule has 4 amide bonds. The van der Waals surface area contributed by atoms with Gasteiger partial charge in [0, 0.05) is 44.0 Å². The summed E-state index contributed by atoms with van der Waals surface area (Å²) in [5, 5.41) is 6.20. The zero-order valence-corrected chi connectivity index (χ0v) is 41.7. The molecule has 10 N–H and O–H groups in total. The molecule has 6 aromatic rings. The van der Waals surface area contributed by atoms with Crippen LogP contribution in [0.2, 0.25) is 0 Å². The quantitative estimate of drug-likeness (QED) is 0.0609. The van der Waals surface area contributed by atoms with Crippen LogP contribution in [0.5, 0.6) is 0 Å². The van der Waals surface area contributed by atoms with Crippen molar-refractivity contribution >= 4 is 123 Å². The fourth-order valence-corrected chi connectivity index (χ4v) is 10.7. The van der Waals surface area contributed by atoms with E-state index in [1.165, 1.54) is 38.1 Å². The Morgan fingerprint density at radius 1 is 0.377 bits per heavy atom. The van der Waals surface area contributed by atoms with E-state index in [2.05, 4.69) is 21.3 Å². The summed E-state index contributed by atoms with van der Waals surface area (Å²) in [6, 6.07) is 10.9. The summed E-state index contributed by atoms with van der Waals surface area (Å²) in [6.07, 6.45) is 0.